The number of ether oxygens (including phenoxy) is 1. The predicted octanol–water partition coefficient (Wildman–Crippen LogP) is -0.704. The lowest BCUT2D eigenvalue weighted by atomic mass is 10.3. The van der Waals surface area contributed by atoms with E-state index < -0.39 is 11.9 Å². The summed E-state index contributed by atoms with van der Waals surface area (Å²) < 4.78 is 4.59. The summed E-state index contributed by atoms with van der Waals surface area (Å²) in [5, 5.41) is 8.88. The molecule has 7 nitrogen and oxygen atoms in total. The molecular weight excluding hydrogens is 222 g/mol. The van der Waals surface area contributed by atoms with Gasteiger partial charge in [0.05, 0.1) is 13.0 Å². The highest BCUT2D eigenvalue weighted by Gasteiger charge is 2.13. The lowest BCUT2D eigenvalue weighted by molar-refractivity contribution is -0.174. The first-order valence-corrected chi connectivity index (χ1v) is 4.61. The van der Waals surface area contributed by atoms with Crippen LogP contribution in [0.4, 0.5) is 0 Å². The van der Waals surface area contributed by atoms with Gasteiger partial charge >= 0.3 is 5.97 Å². The van der Waals surface area contributed by atoms with Crippen molar-refractivity contribution in [3.05, 3.63) is 0 Å². The van der Waals surface area contributed by atoms with E-state index in [0.717, 1.165) is 0 Å². The number of nitrogens with zero attached hydrogens (tertiary/aromatic N) is 1. The number of thiocarbonyl (C=S) groups is 1. The molecular formula is C7H13N3O4S. The van der Waals surface area contributed by atoms with Crippen LogP contribution in [-0.4, -0.2) is 34.0 Å². The SMILES string of the molecule is CCOC(=O)CCC(=O)N(O)NC(N)=S. The van der Waals surface area contributed by atoms with Crippen molar-refractivity contribution in [2.24, 2.45) is 5.73 Å². The lowest BCUT2D eigenvalue weighted by Crippen LogP contribution is -2.46. The summed E-state index contributed by atoms with van der Waals surface area (Å²) in [7, 11) is 0. The second-order valence-corrected chi connectivity index (χ2v) is 2.93. The third kappa shape index (κ3) is 6.63. The molecule has 0 unspecified atom stereocenters. The van der Waals surface area contributed by atoms with Crippen molar-refractivity contribution in [1.29, 1.82) is 0 Å². The first-order valence-electron chi connectivity index (χ1n) is 4.21. The van der Waals surface area contributed by atoms with Crippen LogP contribution in [0.1, 0.15) is 19.8 Å². The van der Waals surface area contributed by atoms with E-state index in [1.54, 1.807) is 6.92 Å². The first kappa shape index (κ1) is 13.6. The number of nitrogens with two attached hydrogens (primary N) is 1. The van der Waals surface area contributed by atoms with Gasteiger partial charge in [-0.1, -0.05) is 0 Å². The van der Waals surface area contributed by atoms with Gasteiger partial charge in [-0.3, -0.25) is 14.8 Å². The summed E-state index contributed by atoms with van der Waals surface area (Å²) in [6, 6.07) is 0. The predicted molar refractivity (Wildman–Crippen MR) is 54.4 cm³/mol. The Balaban J connectivity index is 3.82. The van der Waals surface area contributed by atoms with E-state index in [-0.39, 0.29) is 29.7 Å². The van der Waals surface area contributed by atoms with Gasteiger partial charge in [-0.05, 0) is 19.1 Å². The van der Waals surface area contributed by atoms with Crippen molar-refractivity contribution < 1.29 is 19.5 Å². The number of carbonyl (C=O) groups is 2. The molecule has 0 fully saturated rings. The second-order valence-electron chi connectivity index (χ2n) is 2.49. The highest BCUT2D eigenvalue weighted by atomic mass is 32.1. The van der Waals surface area contributed by atoms with Gasteiger partial charge in [0.1, 0.15) is 0 Å². The summed E-state index contributed by atoms with van der Waals surface area (Å²) in [6.07, 6.45) is -0.298. The van der Waals surface area contributed by atoms with Crippen LogP contribution in [0.25, 0.3) is 0 Å². The Morgan fingerprint density at radius 3 is 2.60 bits per heavy atom. The number of carbonyl (C=O) groups excluding carboxylic acids is 2. The highest BCUT2D eigenvalue weighted by Crippen LogP contribution is 1.95. The zero-order chi connectivity index (χ0) is 11.8. The standard InChI is InChI=1S/C7H13N3O4S/c1-2-14-6(12)4-3-5(11)10(13)9-7(8)15/h13H,2-4H2,1H3,(H3,8,9,15). The van der Waals surface area contributed by atoms with Crippen LogP contribution in [0.15, 0.2) is 0 Å². The Kier molecular flexibility index (Phi) is 6.30. The van der Waals surface area contributed by atoms with E-state index in [4.69, 9.17) is 10.9 Å². The molecule has 0 heterocycles. The van der Waals surface area contributed by atoms with Crippen molar-refractivity contribution in [1.82, 2.24) is 10.6 Å². The molecule has 0 rings (SSSR count). The Morgan fingerprint density at radius 1 is 1.53 bits per heavy atom. The van der Waals surface area contributed by atoms with Crippen molar-refractivity contribution in [3.8, 4) is 0 Å². The summed E-state index contributed by atoms with van der Waals surface area (Å²) in [4.78, 5) is 21.9. The van der Waals surface area contributed by atoms with Crippen molar-refractivity contribution in [2.75, 3.05) is 6.61 Å². The van der Waals surface area contributed by atoms with Crippen LogP contribution in [0.5, 0.6) is 0 Å². The molecule has 0 saturated carbocycles. The smallest absolute Gasteiger partial charge is 0.306 e. The Labute approximate surface area is 92.1 Å². The maximum absolute atomic E-state index is 11.1. The van der Waals surface area contributed by atoms with Gasteiger partial charge in [-0.2, -0.15) is 0 Å². The van der Waals surface area contributed by atoms with E-state index in [1.165, 1.54) is 0 Å². The molecule has 86 valence electrons. The van der Waals surface area contributed by atoms with Crippen molar-refractivity contribution >= 4 is 29.2 Å². The Morgan fingerprint density at radius 2 is 2.13 bits per heavy atom. The number of hydrazine groups is 1. The summed E-state index contributed by atoms with van der Waals surface area (Å²) in [5.74, 6) is -1.23. The third-order valence-corrected chi connectivity index (χ3v) is 1.39. The first-order chi connectivity index (χ1) is 6.97. The zero-order valence-corrected chi connectivity index (χ0v) is 9.04. The molecule has 0 aromatic heterocycles. The van der Waals surface area contributed by atoms with E-state index in [9.17, 15) is 9.59 Å². The van der Waals surface area contributed by atoms with Gasteiger partial charge < -0.3 is 10.5 Å². The maximum Gasteiger partial charge on any atom is 0.306 e. The molecule has 1 amide bonds. The van der Waals surface area contributed by atoms with Crippen LogP contribution in [0, 0.1) is 0 Å². The van der Waals surface area contributed by atoms with Gasteiger partial charge in [0.25, 0.3) is 5.91 Å². The fourth-order valence-electron chi connectivity index (χ4n) is 0.715. The molecule has 0 aromatic rings. The van der Waals surface area contributed by atoms with Gasteiger partial charge in [0.2, 0.25) is 0 Å². The molecule has 0 atom stereocenters. The van der Waals surface area contributed by atoms with E-state index in [1.807, 2.05) is 5.43 Å². The van der Waals surface area contributed by atoms with Crippen LogP contribution in [-0.2, 0) is 14.3 Å². The minimum atomic E-state index is -0.726. The molecule has 15 heavy (non-hydrogen) atoms. The quantitative estimate of drug-likeness (QED) is 0.256. The number of nitrogens with one attached hydrogen (secondary N) is 1. The molecule has 0 aromatic carbocycles. The monoisotopic (exact) mass is 235 g/mol. The van der Waals surface area contributed by atoms with Gasteiger partial charge in [-0.25, -0.2) is 5.43 Å². The van der Waals surface area contributed by atoms with E-state index in [0.29, 0.717) is 0 Å². The van der Waals surface area contributed by atoms with E-state index in [2.05, 4.69) is 17.0 Å². The minimum absolute atomic E-state index is 0.108. The number of esters is 1. The topological polar surface area (TPSA) is 105 Å². The van der Waals surface area contributed by atoms with Crippen molar-refractivity contribution in [3.63, 3.8) is 0 Å². The molecule has 4 N–H and O–H groups in total. The fraction of sp³-hybridized carbons (Fsp3) is 0.571. The Bertz CT molecular complexity index is 259. The molecule has 0 aliphatic rings. The largest absolute Gasteiger partial charge is 0.466 e. The molecule has 0 aliphatic heterocycles. The number of hydrogen-bond acceptors (Lipinski definition) is 5. The highest BCUT2D eigenvalue weighted by molar-refractivity contribution is 7.80. The molecule has 0 aliphatic carbocycles. The van der Waals surface area contributed by atoms with Crippen LogP contribution in [0.2, 0.25) is 0 Å². The summed E-state index contributed by atoms with van der Waals surface area (Å²) in [5.41, 5.74) is 7.00. The average Bonchev–Trinajstić information content (AvgIpc) is 2.13. The number of amides is 1. The van der Waals surface area contributed by atoms with Gasteiger partial charge in [0, 0.05) is 6.42 Å². The molecule has 0 bridgehead atoms. The number of rotatable bonds is 4. The maximum atomic E-state index is 11.1. The van der Waals surface area contributed by atoms with Crippen LogP contribution >= 0.6 is 12.2 Å². The fourth-order valence-corrected chi connectivity index (χ4v) is 0.801. The van der Waals surface area contributed by atoms with Crippen LogP contribution in [0.3, 0.4) is 0 Å². The lowest BCUT2D eigenvalue weighted by Gasteiger charge is -2.14. The molecule has 0 radical (unpaired) electrons. The molecule has 8 heteroatoms. The summed E-state index contributed by atoms with van der Waals surface area (Å²) >= 11 is 4.39. The third-order valence-electron chi connectivity index (χ3n) is 1.30. The molecule has 0 spiro atoms. The van der Waals surface area contributed by atoms with Gasteiger partial charge in [0.15, 0.2) is 5.11 Å². The minimum Gasteiger partial charge on any atom is -0.466 e. The van der Waals surface area contributed by atoms with Gasteiger partial charge in [-0.15, -0.1) is 5.17 Å². The molecule has 0 saturated heterocycles. The normalized spacial score (nSPS) is 9.20. The average molecular weight is 235 g/mol. The number of hydroxylamine groups is 1. The Hall–Kier alpha value is -1.41. The van der Waals surface area contributed by atoms with Crippen molar-refractivity contribution in [2.45, 2.75) is 19.8 Å². The summed E-state index contributed by atoms with van der Waals surface area (Å²) in [6.45, 7) is 1.91. The second kappa shape index (κ2) is 6.96. The zero-order valence-electron chi connectivity index (χ0n) is 8.23. The van der Waals surface area contributed by atoms with E-state index >= 15 is 0 Å². The van der Waals surface area contributed by atoms with Crippen LogP contribution < -0.4 is 11.2 Å². The number of hydrogen-bond donors (Lipinski definition) is 3.